The van der Waals surface area contributed by atoms with Crippen LogP contribution in [0.1, 0.15) is 28.3 Å². The topological polar surface area (TPSA) is 83.8 Å². The molecule has 2 amide bonds. The van der Waals surface area contributed by atoms with Crippen LogP contribution in [0.3, 0.4) is 0 Å². The van der Waals surface area contributed by atoms with Crippen molar-refractivity contribution in [2.24, 2.45) is 4.99 Å². The Morgan fingerprint density at radius 2 is 1.52 bits per heavy atom. The third-order valence-corrected chi connectivity index (χ3v) is 7.09. The Hall–Kier alpha value is -5.09. The van der Waals surface area contributed by atoms with Crippen molar-refractivity contribution >= 4 is 23.4 Å². The molecule has 0 aromatic heterocycles. The third-order valence-electron chi connectivity index (χ3n) is 7.09. The van der Waals surface area contributed by atoms with E-state index in [9.17, 15) is 10.1 Å². The van der Waals surface area contributed by atoms with E-state index >= 15 is 0 Å². The summed E-state index contributed by atoms with van der Waals surface area (Å²) in [7, 11) is 0. The number of benzene rings is 4. The number of guanidine groups is 1. The molecule has 1 unspecified atom stereocenters. The summed E-state index contributed by atoms with van der Waals surface area (Å²) in [6, 6.07) is 35.7. The Morgan fingerprint density at radius 1 is 0.875 bits per heavy atom. The number of nitriles is 1. The number of anilines is 1. The molecule has 0 spiro atoms. The van der Waals surface area contributed by atoms with Crippen molar-refractivity contribution in [2.75, 3.05) is 25.0 Å². The van der Waals surface area contributed by atoms with Gasteiger partial charge in [-0.15, -0.1) is 0 Å². The molecule has 1 fully saturated rings. The zero-order valence-corrected chi connectivity index (χ0v) is 22.5. The molecular weight excluding hydrogens is 496 g/mol. The van der Waals surface area contributed by atoms with E-state index in [-0.39, 0.29) is 12.1 Å². The number of nitrogens with zero attached hydrogens (tertiary/aromatic N) is 4. The van der Waals surface area contributed by atoms with Crippen molar-refractivity contribution in [3.63, 3.8) is 0 Å². The molecule has 40 heavy (non-hydrogen) atoms. The minimum absolute atomic E-state index is 0.157. The molecule has 2 N–H and O–H groups in total. The van der Waals surface area contributed by atoms with E-state index in [1.54, 1.807) is 0 Å². The standard InChI is InChI=1S/C33H32N6O/c1-25-10-8-9-15-30(25)37-32(35-24-34)38-20-21-39(31(23-38)28-13-6-3-7-14-28)33(40)36-29-18-16-27(17-19-29)22-26-11-4-2-5-12-26/h2-19,31H,20-23H2,1H3,(H,35,37)(H,36,40). The Balaban J connectivity index is 1.33. The average Bonchev–Trinajstić information content (AvgIpc) is 2.99. The van der Waals surface area contributed by atoms with Gasteiger partial charge in [0.05, 0.1) is 11.7 Å². The number of aliphatic imine (C=N–C) groups is 1. The fraction of sp³-hybridized carbons (Fsp3) is 0.182. The van der Waals surface area contributed by atoms with Crippen LogP contribution in [-0.4, -0.2) is 41.4 Å². The second-order valence-electron chi connectivity index (χ2n) is 9.81. The van der Waals surface area contributed by atoms with Gasteiger partial charge in [-0.1, -0.05) is 91.0 Å². The molecule has 1 saturated heterocycles. The van der Waals surface area contributed by atoms with Crippen LogP contribution in [0.2, 0.25) is 0 Å². The van der Waals surface area contributed by atoms with Gasteiger partial charge >= 0.3 is 6.03 Å². The second-order valence-corrected chi connectivity index (χ2v) is 9.81. The second kappa shape index (κ2) is 12.6. The van der Waals surface area contributed by atoms with E-state index in [0.29, 0.717) is 25.6 Å². The molecule has 0 aliphatic carbocycles. The lowest BCUT2D eigenvalue weighted by Gasteiger charge is -2.42. The summed E-state index contributed by atoms with van der Waals surface area (Å²) in [6.07, 6.45) is 2.87. The average molecular weight is 529 g/mol. The molecule has 7 nitrogen and oxygen atoms in total. The zero-order valence-electron chi connectivity index (χ0n) is 22.5. The van der Waals surface area contributed by atoms with E-state index in [0.717, 1.165) is 28.9 Å². The maximum Gasteiger partial charge on any atom is 0.322 e. The van der Waals surface area contributed by atoms with Crippen LogP contribution in [0.4, 0.5) is 16.2 Å². The summed E-state index contributed by atoms with van der Waals surface area (Å²) < 4.78 is 0. The van der Waals surface area contributed by atoms with Crippen LogP contribution in [0.5, 0.6) is 0 Å². The molecule has 200 valence electrons. The zero-order chi connectivity index (χ0) is 27.7. The van der Waals surface area contributed by atoms with E-state index in [4.69, 9.17) is 4.99 Å². The fourth-order valence-electron chi connectivity index (χ4n) is 4.94. The number of piperazine rings is 1. The molecule has 0 saturated carbocycles. The normalized spacial score (nSPS) is 15.3. The van der Waals surface area contributed by atoms with Crippen LogP contribution in [0, 0.1) is 18.4 Å². The maximum atomic E-state index is 13.6. The van der Waals surface area contributed by atoms with Crippen LogP contribution in [-0.2, 0) is 6.42 Å². The molecule has 4 aromatic rings. The van der Waals surface area contributed by atoms with E-state index in [1.807, 2.05) is 108 Å². The number of carbonyl (C=O) groups excluding carboxylic acids is 1. The number of hydrogen-bond donors (Lipinski definition) is 2. The first-order valence-corrected chi connectivity index (χ1v) is 13.4. The van der Waals surface area contributed by atoms with Gasteiger partial charge in [0.2, 0.25) is 5.96 Å². The Labute approximate surface area is 235 Å². The number of carbonyl (C=O) groups is 1. The summed E-state index contributed by atoms with van der Waals surface area (Å²) in [5, 5.41) is 15.3. The molecule has 0 radical (unpaired) electrons. The summed E-state index contributed by atoms with van der Waals surface area (Å²) in [5.74, 6) is 0.479. The number of nitrogens with one attached hydrogen (secondary N) is 2. The van der Waals surface area contributed by atoms with Crippen molar-refractivity contribution in [1.82, 2.24) is 15.1 Å². The molecule has 1 heterocycles. The number of urea groups is 1. The molecular formula is C33H32N6O. The van der Waals surface area contributed by atoms with Crippen molar-refractivity contribution in [3.05, 3.63) is 131 Å². The van der Waals surface area contributed by atoms with Gasteiger partial charge in [-0.2, -0.15) is 5.26 Å². The lowest BCUT2D eigenvalue weighted by atomic mass is 10.0. The molecule has 1 aliphatic rings. The third kappa shape index (κ3) is 6.48. The van der Waals surface area contributed by atoms with Crippen molar-refractivity contribution in [3.8, 4) is 6.19 Å². The highest BCUT2D eigenvalue weighted by Crippen LogP contribution is 2.27. The Morgan fingerprint density at radius 3 is 2.23 bits per heavy atom. The van der Waals surface area contributed by atoms with Gasteiger partial charge in [0.15, 0.2) is 6.19 Å². The fourth-order valence-corrected chi connectivity index (χ4v) is 4.94. The lowest BCUT2D eigenvalue weighted by Crippen LogP contribution is -2.55. The van der Waals surface area contributed by atoms with Gasteiger partial charge in [-0.25, -0.2) is 9.79 Å². The van der Waals surface area contributed by atoms with Gasteiger partial charge in [0.1, 0.15) is 0 Å². The van der Waals surface area contributed by atoms with Crippen LogP contribution < -0.4 is 10.6 Å². The van der Waals surface area contributed by atoms with Crippen molar-refractivity contribution in [1.29, 1.82) is 5.26 Å². The number of amides is 2. The molecule has 7 heteroatoms. The number of para-hydroxylation sites is 1. The predicted octanol–water partition coefficient (Wildman–Crippen LogP) is 6.24. The first kappa shape index (κ1) is 26.5. The quantitative estimate of drug-likeness (QED) is 0.139. The minimum atomic E-state index is -0.227. The van der Waals surface area contributed by atoms with Crippen LogP contribution >= 0.6 is 0 Å². The number of aryl methyl sites for hydroxylation is 1. The van der Waals surface area contributed by atoms with Gasteiger partial charge in [0, 0.05) is 25.3 Å². The maximum absolute atomic E-state index is 13.6. The first-order valence-electron chi connectivity index (χ1n) is 13.4. The largest absolute Gasteiger partial charge is 0.338 e. The van der Waals surface area contributed by atoms with Gasteiger partial charge in [-0.05, 0) is 53.8 Å². The number of rotatable bonds is 5. The van der Waals surface area contributed by atoms with Crippen molar-refractivity contribution < 1.29 is 4.79 Å². The Kier molecular flexibility index (Phi) is 8.38. The Bertz CT molecular complexity index is 1500. The summed E-state index contributed by atoms with van der Waals surface area (Å²) in [6.45, 7) is 3.49. The van der Waals surface area contributed by atoms with Gasteiger partial charge < -0.3 is 15.1 Å². The molecule has 0 bridgehead atoms. The monoisotopic (exact) mass is 528 g/mol. The van der Waals surface area contributed by atoms with Gasteiger partial charge in [0.25, 0.3) is 0 Å². The first-order chi connectivity index (χ1) is 19.6. The van der Waals surface area contributed by atoms with Gasteiger partial charge in [-0.3, -0.25) is 5.32 Å². The summed E-state index contributed by atoms with van der Waals surface area (Å²) >= 11 is 0. The molecule has 1 atom stereocenters. The van der Waals surface area contributed by atoms with Crippen LogP contribution in [0.15, 0.2) is 114 Å². The summed E-state index contributed by atoms with van der Waals surface area (Å²) in [5.41, 5.74) is 6.03. The van der Waals surface area contributed by atoms with E-state index < -0.39 is 0 Å². The molecule has 4 aromatic carbocycles. The van der Waals surface area contributed by atoms with E-state index in [2.05, 4.69) is 34.9 Å². The lowest BCUT2D eigenvalue weighted by molar-refractivity contribution is 0.135. The highest BCUT2D eigenvalue weighted by molar-refractivity contribution is 5.90. The minimum Gasteiger partial charge on any atom is -0.338 e. The van der Waals surface area contributed by atoms with Crippen molar-refractivity contribution in [2.45, 2.75) is 19.4 Å². The summed E-state index contributed by atoms with van der Waals surface area (Å²) in [4.78, 5) is 22.2. The molecule has 1 aliphatic heterocycles. The SMILES string of the molecule is Cc1ccccc1N=C(NC#N)N1CCN(C(=O)Nc2ccc(Cc3ccccc3)cc2)C(c2ccccc2)C1. The predicted molar refractivity (Wildman–Crippen MR) is 159 cm³/mol. The highest BCUT2D eigenvalue weighted by atomic mass is 16.2. The molecule has 5 rings (SSSR count). The van der Waals surface area contributed by atoms with E-state index in [1.165, 1.54) is 11.1 Å². The number of hydrogen-bond acceptors (Lipinski definition) is 3. The van der Waals surface area contributed by atoms with Crippen LogP contribution in [0.25, 0.3) is 0 Å². The smallest absolute Gasteiger partial charge is 0.322 e. The highest BCUT2D eigenvalue weighted by Gasteiger charge is 2.33.